The zero-order chi connectivity index (χ0) is 9.30. The van der Waals surface area contributed by atoms with E-state index in [9.17, 15) is 9.18 Å². The normalized spacial score (nSPS) is 9.50. The average molecular weight is 166 g/mol. The van der Waals surface area contributed by atoms with Gasteiger partial charge in [0.1, 0.15) is 17.4 Å². The third-order valence-corrected chi connectivity index (χ3v) is 1.78. The van der Waals surface area contributed by atoms with Crippen molar-refractivity contribution >= 4 is 0 Å². The summed E-state index contributed by atoms with van der Waals surface area (Å²) < 4.78 is 14.0. The first-order chi connectivity index (χ1) is 5.57. The summed E-state index contributed by atoms with van der Waals surface area (Å²) in [7, 11) is 1.43. The standard InChI is InChI=1S/C8H7FN2O/c1-5-7(9)3-6(4-10)8(12)11(5)2/h3H,1-2H3. The highest BCUT2D eigenvalue weighted by atomic mass is 19.1. The second kappa shape index (κ2) is 2.78. The number of nitrogens with zero attached hydrogens (tertiary/aromatic N) is 2. The van der Waals surface area contributed by atoms with E-state index in [2.05, 4.69) is 0 Å². The maximum atomic E-state index is 12.9. The Balaban J connectivity index is 3.64. The quantitative estimate of drug-likeness (QED) is 0.569. The van der Waals surface area contributed by atoms with E-state index in [1.807, 2.05) is 0 Å². The highest BCUT2D eigenvalue weighted by molar-refractivity contribution is 5.28. The Morgan fingerprint density at radius 2 is 2.25 bits per heavy atom. The molecule has 0 atom stereocenters. The van der Waals surface area contributed by atoms with Gasteiger partial charge in [0.2, 0.25) is 0 Å². The Kier molecular flexibility index (Phi) is 1.96. The number of rotatable bonds is 0. The van der Waals surface area contributed by atoms with Crippen LogP contribution in [0.25, 0.3) is 0 Å². The molecule has 0 aromatic carbocycles. The Bertz CT molecular complexity index is 414. The molecule has 0 saturated heterocycles. The van der Waals surface area contributed by atoms with Crippen molar-refractivity contribution in [3.63, 3.8) is 0 Å². The van der Waals surface area contributed by atoms with E-state index >= 15 is 0 Å². The maximum absolute atomic E-state index is 12.9. The number of hydrogen-bond donors (Lipinski definition) is 0. The Labute approximate surface area is 68.7 Å². The summed E-state index contributed by atoms with van der Waals surface area (Å²) in [6.45, 7) is 1.48. The summed E-state index contributed by atoms with van der Waals surface area (Å²) in [6.07, 6.45) is 0. The predicted molar refractivity (Wildman–Crippen MR) is 41.1 cm³/mol. The van der Waals surface area contributed by atoms with Gasteiger partial charge in [0.25, 0.3) is 5.56 Å². The molecule has 1 aromatic rings. The molecule has 0 saturated carbocycles. The number of aromatic nitrogens is 1. The van der Waals surface area contributed by atoms with E-state index in [0.717, 1.165) is 10.6 Å². The average Bonchev–Trinajstić information content (AvgIpc) is 2.08. The number of halogens is 1. The van der Waals surface area contributed by atoms with Crippen LogP contribution in [0.15, 0.2) is 10.9 Å². The summed E-state index contributed by atoms with van der Waals surface area (Å²) in [6, 6.07) is 2.59. The van der Waals surface area contributed by atoms with E-state index in [1.165, 1.54) is 14.0 Å². The zero-order valence-electron chi connectivity index (χ0n) is 6.76. The van der Waals surface area contributed by atoms with Gasteiger partial charge >= 0.3 is 0 Å². The SMILES string of the molecule is Cc1c(F)cc(C#N)c(=O)n1C. The van der Waals surface area contributed by atoms with Crippen LogP contribution in [-0.4, -0.2) is 4.57 Å². The van der Waals surface area contributed by atoms with Crippen LogP contribution in [-0.2, 0) is 7.05 Å². The van der Waals surface area contributed by atoms with Crippen molar-refractivity contribution in [3.8, 4) is 6.07 Å². The van der Waals surface area contributed by atoms with Gasteiger partial charge in [-0.05, 0) is 13.0 Å². The fourth-order valence-electron chi connectivity index (χ4n) is 0.866. The minimum atomic E-state index is -0.534. The van der Waals surface area contributed by atoms with E-state index < -0.39 is 11.4 Å². The van der Waals surface area contributed by atoms with Crippen LogP contribution in [0.4, 0.5) is 4.39 Å². The zero-order valence-corrected chi connectivity index (χ0v) is 6.76. The molecule has 0 fully saturated rings. The minimum Gasteiger partial charge on any atom is -0.312 e. The van der Waals surface area contributed by atoms with Gasteiger partial charge < -0.3 is 4.57 Å². The van der Waals surface area contributed by atoms with Crippen molar-refractivity contribution in [1.82, 2.24) is 4.57 Å². The van der Waals surface area contributed by atoms with Gasteiger partial charge in [-0.25, -0.2) is 4.39 Å². The fraction of sp³-hybridized carbons (Fsp3) is 0.250. The molecule has 4 heteroatoms. The second-order valence-corrected chi connectivity index (χ2v) is 2.47. The van der Waals surface area contributed by atoms with Gasteiger partial charge in [-0.3, -0.25) is 4.79 Å². The van der Waals surface area contributed by atoms with Gasteiger partial charge in [0.15, 0.2) is 0 Å². The molecule has 0 aliphatic heterocycles. The fourth-order valence-corrected chi connectivity index (χ4v) is 0.866. The molecule has 0 N–H and O–H groups in total. The molecule has 12 heavy (non-hydrogen) atoms. The lowest BCUT2D eigenvalue weighted by Crippen LogP contribution is -2.22. The Morgan fingerprint density at radius 3 is 2.75 bits per heavy atom. The monoisotopic (exact) mass is 166 g/mol. The lowest BCUT2D eigenvalue weighted by Gasteiger charge is -2.03. The lowest BCUT2D eigenvalue weighted by atomic mass is 10.2. The molecule has 0 spiro atoms. The van der Waals surface area contributed by atoms with E-state index in [1.54, 1.807) is 6.07 Å². The van der Waals surface area contributed by atoms with Crippen molar-refractivity contribution in [3.05, 3.63) is 33.5 Å². The summed E-state index contributed by atoms with van der Waals surface area (Å²) in [4.78, 5) is 11.1. The van der Waals surface area contributed by atoms with Gasteiger partial charge in [-0.1, -0.05) is 0 Å². The highest BCUT2D eigenvalue weighted by Gasteiger charge is 2.07. The molecular formula is C8H7FN2O. The van der Waals surface area contributed by atoms with Gasteiger partial charge in [0, 0.05) is 7.05 Å². The molecule has 3 nitrogen and oxygen atoms in total. The molecule has 1 rings (SSSR count). The van der Waals surface area contributed by atoms with Gasteiger partial charge in [0.05, 0.1) is 5.69 Å². The highest BCUT2D eigenvalue weighted by Crippen LogP contribution is 2.02. The molecule has 0 radical (unpaired) electrons. The van der Waals surface area contributed by atoms with Crippen LogP contribution in [0.5, 0.6) is 0 Å². The van der Waals surface area contributed by atoms with Crippen molar-refractivity contribution in [2.75, 3.05) is 0 Å². The smallest absolute Gasteiger partial charge is 0.268 e. The van der Waals surface area contributed by atoms with Crippen LogP contribution in [0.3, 0.4) is 0 Å². The van der Waals surface area contributed by atoms with E-state index in [0.29, 0.717) is 0 Å². The summed E-state index contributed by atoms with van der Waals surface area (Å²) in [5.74, 6) is -0.534. The van der Waals surface area contributed by atoms with Crippen molar-refractivity contribution < 1.29 is 4.39 Å². The Morgan fingerprint density at radius 1 is 1.67 bits per heavy atom. The van der Waals surface area contributed by atoms with Gasteiger partial charge in [-0.15, -0.1) is 0 Å². The first-order valence-corrected chi connectivity index (χ1v) is 3.34. The van der Waals surface area contributed by atoms with E-state index in [4.69, 9.17) is 5.26 Å². The second-order valence-electron chi connectivity index (χ2n) is 2.47. The van der Waals surface area contributed by atoms with Crippen molar-refractivity contribution in [2.24, 2.45) is 7.05 Å². The molecule has 0 bridgehead atoms. The van der Waals surface area contributed by atoms with E-state index in [-0.39, 0.29) is 11.3 Å². The van der Waals surface area contributed by atoms with Crippen LogP contribution in [0, 0.1) is 24.1 Å². The molecule has 1 heterocycles. The molecular weight excluding hydrogens is 159 g/mol. The number of pyridine rings is 1. The Hall–Kier alpha value is -1.63. The molecule has 0 amide bonds. The van der Waals surface area contributed by atoms with Crippen LogP contribution < -0.4 is 5.56 Å². The summed E-state index contributed by atoms with van der Waals surface area (Å²) >= 11 is 0. The molecule has 0 unspecified atom stereocenters. The number of nitriles is 1. The van der Waals surface area contributed by atoms with Gasteiger partial charge in [-0.2, -0.15) is 5.26 Å². The minimum absolute atomic E-state index is 0.166. The molecule has 0 aliphatic rings. The third kappa shape index (κ3) is 1.10. The van der Waals surface area contributed by atoms with Crippen LogP contribution in [0.2, 0.25) is 0 Å². The van der Waals surface area contributed by atoms with Crippen molar-refractivity contribution in [2.45, 2.75) is 6.92 Å². The molecule has 62 valence electrons. The first-order valence-electron chi connectivity index (χ1n) is 3.34. The topological polar surface area (TPSA) is 45.8 Å². The largest absolute Gasteiger partial charge is 0.312 e. The molecule has 1 aromatic heterocycles. The van der Waals surface area contributed by atoms with Crippen molar-refractivity contribution in [1.29, 1.82) is 5.26 Å². The third-order valence-electron chi connectivity index (χ3n) is 1.78. The molecule has 0 aliphatic carbocycles. The van der Waals surface area contributed by atoms with Crippen LogP contribution >= 0.6 is 0 Å². The van der Waals surface area contributed by atoms with Crippen LogP contribution in [0.1, 0.15) is 11.3 Å². The summed E-state index contributed by atoms with van der Waals surface area (Å²) in [5, 5.41) is 8.43. The first kappa shape index (κ1) is 8.47. The lowest BCUT2D eigenvalue weighted by molar-refractivity contribution is 0.586. The number of hydrogen-bond acceptors (Lipinski definition) is 2. The predicted octanol–water partition coefficient (Wildman–Crippen LogP) is 0.704. The summed E-state index contributed by atoms with van der Waals surface area (Å²) in [5.41, 5.74) is -0.393. The maximum Gasteiger partial charge on any atom is 0.268 e.